The molecule has 0 aliphatic rings. The van der Waals surface area contributed by atoms with E-state index >= 15 is 0 Å². The van der Waals surface area contributed by atoms with Crippen molar-refractivity contribution in [2.45, 2.75) is 0 Å². The van der Waals surface area contributed by atoms with E-state index in [9.17, 15) is 13.2 Å². The largest absolute Gasteiger partial charge is 0.203 e. The maximum atomic E-state index is 12.6. The second-order valence-electron chi connectivity index (χ2n) is 1.88. The van der Waals surface area contributed by atoms with Crippen LogP contribution in [0.3, 0.4) is 0 Å². The summed E-state index contributed by atoms with van der Waals surface area (Å²) in [6, 6.07) is 0. The van der Waals surface area contributed by atoms with Crippen molar-refractivity contribution in [2.24, 2.45) is 0 Å². The van der Waals surface area contributed by atoms with E-state index in [0.29, 0.717) is 0 Å². The molecule has 0 saturated carbocycles. The Morgan fingerprint density at radius 2 is 0.750 bits per heavy atom. The second kappa shape index (κ2) is 3.32. The van der Waals surface area contributed by atoms with Crippen LogP contribution in [-0.4, -0.2) is 0 Å². The van der Waals surface area contributed by atoms with Crippen LogP contribution in [0.1, 0.15) is 0 Å². The summed E-state index contributed by atoms with van der Waals surface area (Å²) in [7, 11) is 0. The van der Waals surface area contributed by atoms with Gasteiger partial charge in [0.25, 0.3) is 0 Å². The second-order valence-corrected chi connectivity index (χ2v) is 3.02. The third-order valence-electron chi connectivity index (χ3n) is 1.16. The Kier molecular flexibility index (Phi) is 2.76. The van der Waals surface area contributed by atoms with Gasteiger partial charge in [-0.15, -0.1) is 0 Å². The van der Waals surface area contributed by atoms with Gasteiger partial charge in [0.1, 0.15) is 15.1 Å². The molecule has 0 fully saturated rings. The fourth-order valence-corrected chi connectivity index (χ4v) is 1.29. The average Bonchev–Trinajstić information content (AvgIpc) is 2.08. The molecular weight excluding hydrogens is 235 g/mol. The SMILES string of the molecule is Fc1c(Cl)c(F)c(Cl)c(F)c1Cl. The van der Waals surface area contributed by atoms with Crippen LogP contribution in [0.15, 0.2) is 0 Å². The Balaban J connectivity index is 3.60. The highest BCUT2D eigenvalue weighted by Crippen LogP contribution is 2.34. The Morgan fingerprint density at radius 3 is 0.917 bits per heavy atom. The van der Waals surface area contributed by atoms with Crippen molar-refractivity contribution in [1.82, 2.24) is 0 Å². The first-order valence-corrected chi connectivity index (χ1v) is 3.77. The summed E-state index contributed by atoms with van der Waals surface area (Å²) >= 11 is 15.2. The molecule has 6 heteroatoms. The lowest BCUT2D eigenvalue weighted by Crippen LogP contribution is -1.92. The van der Waals surface area contributed by atoms with Crippen LogP contribution < -0.4 is 0 Å². The van der Waals surface area contributed by atoms with Gasteiger partial charge >= 0.3 is 0 Å². The summed E-state index contributed by atoms with van der Waals surface area (Å²) in [4.78, 5) is 0. The Bertz CT molecular complexity index is 232. The van der Waals surface area contributed by atoms with Gasteiger partial charge in [-0.25, -0.2) is 13.2 Å². The lowest BCUT2D eigenvalue weighted by Gasteiger charge is -2.02. The summed E-state index contributed by atoms with van der Waals surface area (Å²) in [5.74, 6) is -4.05. The van der Waals surface area contributed by atoms with E-state index in [1.165, 1.54) is 0 Å². The van der Waals surface area contributed by atoms with Gasteiger partial charge in [0.15, 0.2) is 17.5 Å². The van der Waals surface area contributed by atoms with E-state index in [-0.39, 0.29) is 0 Å². The highest BCUT2D eigenvalue weighted by molar-refractivity contribution is 6.38. The molecule has 0 atom stereocenters. The normalized spacial score (nSPS) is 10.5. The van der Waals surface area contributed by atoms with Crippen molar-refractivity contribution in [3.8, 4) is 0 Å². The van der Waals surface area contributed by atoms with E-state index in [1.54, 1.807) is 0 Å². The van der Waals surface area contributed by atoms with E-state index in [1.807, 2.05) is 0 Å². The zero-order valence-corrected chi connectivity index (χ0v) is 7.54. The lowest BCUT2D eigenvalue weighted by molar-refractivity contribution is 0.545. The molecule has 0 aromatic heterocycles. The van der Waals surface area contributed by atoms with Gasteiger partial charge < -0.3 is 0 Å². The fraction of sp³-hybridized carbons (Fsp3) is 0. The Morgan fingerprint density at radius 1 is 0.583 bits per heavy atom. The molecule has 0 saturated heterocycles. The highest BCUT2D eigenvalue weighted by atomic mass is 35.5. The topological polar surface area (TPSA) is 0 Å². The Labute approximate surface area is 80.8 Å². The fourth-order valence-electron chi connectivity index (χ4n) is 0.578. The average molecular weight is 235 g/mol. The maximum absolute atomic E-state index is 12.6. The van der Waals surface area contributed by atoms with Crippen molar-refractivity contribution in [2.75, 3.05) is 0 Å². The molecule has 0 nitrogen and oxygen atoms in total. The van der Waals surface area contributed by atoms with Crippen LogP contribution in [0.5, 0.6) is 0 Å². The summed E-state index contributed by atoms with van der Waals surface area (Å²) < 4.78 is 37.9. The van der Waals surface area contributed by atoms with Crippen molar-refractivity contribution in [3.05, 3.63) is 32.5 Å². The van der Waals surface area contributed by atoms with Crippen LogP contribution >= 0.6 is 34.8 Å². The molecule has 0 unspecified atom stereocenters. The van der Waals surface area contributed by atoms with Crippen molar-refractivity contribution < 1.29 is 13.2 Å². The quantitative estimate of drug-likeness (QED) is 0.470. The minimum atomic E-state index is -1.35. The molecule has 0 aliphatic carbocycles. The van der Waals surface area contributed by atoms with Crippen molar-refractivity contribution in [3.63, 3.8) is 0 Å². The first kappa shape index (κ1) is 9.96. The number of rotatable bonds is 0. The van der Waals surface area contributed by atoms with Gasteiger partial charge in [0.2, 0.25) is 0 Å². The van der Waals surface area contributed by atoms with Crippen molar-refractivity contribution in [1.29, 1.82) is 0 Å². The number of halogens is 6. The van der Waals surface area contributed by atoms with Crippen LogP contribution in [0, 0.1) is 17.5 Å². The smallest absolute Gasteiger partial charge is 0.166 e. The van der Waals surface area contributed by atoms with Gasteiger partial charge in [-0.2, -0.15) is 0 Å². The summed E-state index contributed by atoms with van der Waals surface area (Å²) in [5.41, 5.74) is 0. The maximum Gasteiger partial charge on any atom is 0.166 e. The van der Waals surface area contributed by atoms with Gasteiger partial charge in [-0.1, -0.05) is 34.8 Å². The van der Waals surface area contributed by atoms with Gasteiger partial charge in [-0.3, -0.25) is 0 Å². The molecule has 0 heterocycles. The first-order valence-electron chi connectivity index (χ1n) is 2.63. The number of benzene rings is 1. The van der Waals surface area contributed by atoms with Crippen molar-refractivity contribution >= 4 is 34.8 Å². The van der Waals surface area contributed by atoms with Crippen LogP contribution in [-0.2, 0) is 0 Å². The van der Waals surface area contributed by atoms with Crippen LogP contribution in [0.2, 0.25) is 15.1 Å². The van der Waals surface area contributed by atoms with Gasteiger partial charge in [0, 0.05) is 0 Å². The van der Waals surface area contributed by atoms with Gasteiger partial charge in [0.05, 0.1) is 0 Å². The molecule has 1 aromatic rings. The molecule has 12 heavy (non-hydrogen) atoms. The number of hydrogen-bond acceptors (Lipinski definition) is 0. The molecule has 1 rings (SSSR count). The minimum Gasteiger partial charge on any atom is -0.203 e. The molecule has 1 aromatic carbocycles. The van der Waals surface area contributed by atoms with Gasteiger partial charge in [-0.05, 0) is 0 Å². The standard InChI is InChI=1S/C6Cl3F3/c7-1-4(10)2(8)6(12)3(9)5(1)11. The van der Waals surface area contributed by atoms with E-state index in [0.717, 1.165) is 0 Å². The molecule has 0 radical (unpaired) electrons. The third-order valence-corrected chi connectivity index (χ3v) is 2.15. The third kappa shape index (κ3) is 1.37. The molecule has 0 amide bonds. The predicted octanol–water partition coefficient (Wildman–Crippen LogP) is 4.06. The van der Waals surface area contributed by atoms with Crippen LogP contribution in [0.25, 0.3) is 0 Å². The zero-order chi connectivity index (χ0) is 9.46. The van der Waals surface area contributed by atoms with E-state index in [2.05, 4.69) is 0 Å². The molecule has 0 N–H and O–H groups in total. The highest BCUT2D eigenvalue weighted by Gasteiger charge is 2.21. The minimum absolute atomic E-state index is 0.911. The summed E-state index contributed by atoms with van der Waals surface area (Å²) in [6.07, 6.45) is 0. The molecule has 66 valence electrons. The monoisotopic (exact) mass is 234 g/mol. The van der Waals surface area contributed by atoms with Crippen LogP contribution in [0.4, 0.5) is 13.2 Å². The Hall–Kier alpha value is -0.120. The van der Waals surface area contributed by atoms with E-state index in [4.69, 9.17) is 34.8 Å². The molecule has 0 aliphatic heterocycles. The summed E-state index contributed by atoms with van der Waals surface area (Å²) in [5, 5.41) is -2.73. The summed E-state index contributed by atoms with van der Waals surface area (Å²) in [6.45, 7) is 0. The zero-order valence-electron chi connectivity index (χ0n) is 5.27. The molecule has 0 bridgehead atoms. The predicted molar refractivity (Wildman–Crippen MR) is 41.3 cm³/mol. The number of hydrogen-bond donors (Lipinski definition) is 0. The lowest BCUT2D eigenvalue weighted by atomic mass is 10.3. The molecule has 0 spiro atoms. The van der Waals surface area contributed by atoms with E-state index < -0.39 is 32.5 Å². The molecular formula is C6Cl3F3. The first-order chi connectivity index (χ1) is 5.46.